The highest BCUT2D eigenvalue weighted by atomic mass is 16.6. The predicted octanol–water partition coefficient (Wildman–Crippen LogP) is 4.05. The topological polar surface area (TPSA) is 99.3 Å². The van der Waals surface area contributed by atoms with Gasteiger partial charge in [-0.3, -0.25) is 4.57 Å². The average Bonchev–Trinajstić information content (AvgIpc) is 3.26. The maximum Gasteiger partial charge on any atom is 0.419 e. The van der Waals surface area contributed by atoms with Crippen LogP contribution in [-0.2, 0) is 14.3 Å². The number of esters is 1. The first kappa shape index (κ1) is 19.3. The maximum atomic E-state index is 12.7. The van der Waals surface area contributed by atoms with Crippen LogP contribution in [0.15, 0.2) is 42.9 Å². The number of aromatic amines is 1. The zero-order valence-corrected chi connectivity index (χ0v) is 16.3. The number of carbonyl (C=O) groups is 2. The summed E-state index contributed by atoms with van der Waals surface area (Å²) in [5, 5.41) is 0.658. The molecule has 3 rings (SSSR count). The minimum atomic E-state index is -0.647. The molecule has 2 aromatic heterocycles. The van der Waals surface area contributed by atoms with Gasteiger partial charge in [0.05, 0.1) is 18.2 Å². The fraction of sp³-hybridized carbons (Fsp3) is 0.238. The van der Waals surface area contributed by atoms with Crippen molar-refractivity contribution in [3.63, 3.8) is 0 Å². The number of anilines is 1. The van der Waals surface area contributed by atoms with Crippen LogP contribution in [-0.4, -0.2) is 34.3 Å². The number of nitrogen functional groups attached to an aromatic ring is 1. The summed E-state index contributed by atoms with van der Waals surface area (Å²) in [6, 6.07) is 7.05. The first-order chi connectivity index (χ1) is 13.2. The first-order valence-electron chi connectivity index (χ1n) is 8.77. The quantitative estimate of drug-likeness (QED) is 0.405. The fourth-order valence-electron chi connectivity index (χ4n) is 2.93. The normalized spacial score (nSPS) is 12.2. The van der Waals surface area contributed by atoms with Gasteiger partial charge in [-0.15, -0.1) is 0 Å². The van der Waals surface area contributed by atoms with E-state index in [1.165, 1.54) is 11.7 Å². The Labute approximate surface area is 162 Å². The van der Waals surface area contributed by atoms with E-state index in [0.717, 1.165) is 0 Å². The van der Waals surface area contributed by atoms with Crippen molar-refractivity contribution in [2.45, 2.75) is 26.4 Å². The van der Waals surface area contributed by atoms with Gasteiger partial charge in [0.2, 0.25) is 0 Å². The Morgan fingerprint density at radius 1 is 1.21 bits per heavy atom. The molecule has 0 unspecified atom stereocenters. The second kappa shape index (κ2) is 7.26. The third-order valence-corrected chi connectivity index (χ3v) is 4.10. The van der Waals surface area contributed by atoms with Crippen LogP contribution in [0, 0.1) is 0 Å². The number of nitrogens with two attached hydrogens (primary N) is 1. The van der Waals surface area contributed by atoms with E-state index in [9.17, 15) is 9.59 Å². The van der Waals surface area contributed by atoms with Gasteiger partial charge in [-0.25, -0.2) is 9.59 Å². The number of nitrogens with one attached hydrogen (secondary N) is 1. The number of benzene rings is 1. The minimum Gasteiger partial charge on any atom is -0.465 e. The number of hydrogen-bond donors (Lipinski definition) is 2. The summed E-state index contributed by atoms with van der Waals surface area (Å²) in [5.41, 5.74) is 8.24. The van der Waals surface area contributed by atoms with Crippen molar-refractivity contribution in [1.29, 1.82) is 0 Å². The Balaban J connectivity index is 2.21. The Morgan fingerprint density at radius 3 is 2.57 bits per heavy atom. The Kier molecular flexibility index (Phi) is 5.00. The highest BCUT2D eigenvalue weighted by molar-refractivity contribution is 6.23. The number of rotatable bonds is 3. The van der Waals surface area contributed by atoms with Crippen LogP contribution < -0.4 is 5.73 Å². The molecule has 3 N–H and O–H groups in total. The first-order valence-corrected chi connectivity index (χ1v) is 8.77. The lowest BCUT2D eigenvalue weighted by molar-refractivity contribution is -0.133. The fourth-order valence-corrected chi connectivity index (χ4v) is 2.93. The number of ether oxygens (including phenoxy) is 2. The molecule has 0 bridgehead atoms. The van der Waals surface area contributed by atoms with Gasteiger partial charge in [0, 0.05) is 40.8 Å². The summed E-state index contributed by atoms with van der Waals surface area (Å²) in [5.74, 6) is -0.493. The molecule has 1 aromatic carbocycles. The summed E-state index contributed by atoms with van der Waals surface area (Å²) in [6.07, 6.45) is 6.16. The minimum absolute atomic E-state index is 0.343. The van der Waals surface area contributed by atoms with Crippen LogP contribution in [0.2, 0.25) is 0 Å². The SMILES string of the molecule is COC(=O)/C(=C/c1cn(C(=O)OC(C)(C)C)c2cccc(N)c12)c1cc[nH]c1. The Bertz CT molecular complexity index is 1050. The Hall–Kier alpha value is -3.48. The molecule has 7 nitrogen and oxygen atoms in total. The van der Waals surface area contributed by atoms with E-state index >= 15 is 0 Å². The molecule has 2 heterocycles. The summed E-state index contributed by atoms with van der Waals surface area (Å²) in [7, 11) is 1.32. The number of methoxy groups -OCH3 is 1. The third kappa shape index (κ3) is 3.78. The van der Waals surface area contributed by atoms with Crippen molar-refractivity contribution >= 4 is 40.3 Å². The number of nitrogens with zero attached hydrogens (tertiary/aromatic N) is 1. The molecule has 0 atom stereocenters. The zero-order chi connectivity index (χ0) is 20.5. The number of aromatic nitrogens is 2. The highest BCUT2D eigenvalue weighted by Gasteiger charge is 2.22. The molecule has 0 saturated carbocycles. The second-order valence-electron chi connectivity index (χ2n) is 7.33. The van der Waals surface area contributed by atoms with E-state index in [4.69, 9.17) is 15.2 Å². The van der Waals surface area contributed by atoms with Crippen molar-refractivity contribution in [1.82, 2.24) is 9.55 Å². The van der Waals surface area contributed by atoms with Gasteiger partial charge >= 0.3 is 12.1 Å². The van der Waals surface area contributed by atoms with Gasteiger partial charge in [0.15, 0.2) is 0 Å². The molecule has 0 spiro atoms. The van der Waals surface area contributed by atoms with Crippen molar-refractivity contribution in [3.05, 3.63) is 54.0 Å². The number of hydrogen-bond acceptors (Lipinski definition) is 5. The lowest BCUT2D eigenvalue weighted by Gasteiger charge is -2.19. The molecular weight excluding hydrogens is 358 g/mol. The summed E-state index contributed by atoms with van der Waals surface area (Å²) in [6.45, 7) is 5.40. The molecule has 0 saturated heterocycles. The standard InChI is InChI=1S/C21H23N3O4/c1-21(2,3)28-20(26)24-12-14(18-16(22)6-5-7-17(18)24)10-15(19(25)27-4)13-8-9-23-11-13/h5-12,23H,22H2,1-4H3/b15-10+. The summed E-state index contributed by atoms with van der Waals surface area (Å²) < 4.78 is 11.8. The molecule has 0 amide bonds. The molecular formula is C21H23N3O4. The lowest BCUT2D eigenvalue weighted by Crippen LogP contribution is -2.26. The largest absolute Gasteiger partial charge is 0.465 e. The number of fused-ring (bicyclic) bond motifs is 1. The van der Waals surface area contributed by atoms with Gasteiger partial charge < -0.3 is 20.2 Å². The molecule has 146 valence electrons. The average molecular weight is 381 g/mol. The van der Waals surface area contributed by atoms with E-state index in [1.54, 1.807) is 69.7 Å². The zero-order valence-electron chi connectivity index (χ0n) is 16.3. The van der Waals surface area contributed by atoms with Crippen molar-refractivity contribution in [2.24, 2.45) is 0 Å². The molecule has 28 heavy (non-hydrogen) atoms. The van der Waals surface area contributed by atoms with E-state index in [1.807, 2.05) is 0 Å². The predicted molar refractivity (Wildman–Crippen MR) is 109 cm³/mol. The third-order valence-electron chi connectivity index (χ3n) is 4.10. The number of carbonyl (C=O) groups excluding carboxylic acids is 2. The van der Waals surface area contributed by atoms with Crippen LogP contribution in [0.3, 0.4) is 0 Å². The smallest absolute Gasteiger partial charge is 0.419 e. The van der Waals surface area contributed by atoms with Gasteiger partial charge in [-0.2, -0.15) is 0 Å². The molecule has 0 aliphatic rings. The number of H-pyrrole nitrogens is 1. The van der Waals surface area contributed by atoms with Gasteiger partial charge in [-0.05, 0) is 45.0 Å². The molecule has 0 radical (unpaired) electrons. The van der Waals surface area contributed by atoms with Crippen LogP contribution in [0.4, 0.5) is 10.5 Å². The van der Waals surface area contributed by atoms with E-state index in [0.29, 0.717) is 33.3 Å². The Morgan fingerprint density at radius 2 is 1.96 bits per heavy atom. The van der Waals surface area contributed by atoms with Gasteiger partial charge in [0.25, 0.3) is 0 Å². The van der Waals surface area contributed by atoms with Gasteiger partial charge in [-0.1, -0.05) is 6.07 Å². The molecule has 0 fully saturated rings. The van der Waals surface area contributed by atoms with E-state index in [-0.39, 0.29) is 0 Å². The van der Waals surface area contributed by atoms with E-state index in [2.05, 4.69) is 4.98 Å². The van der Waals surface area contributed by atoms with Crippen LogP contribution in [0.1, 0.15) is 31.9 Å². The van der Waals surface area contributed by atoms with Crippen LogP contribution in [0.5, 0.6) is 0 Å². The molecule has 7 heteroatoms. The maximum absolute atomic E-state index is 12.7. The van der Waals surface area contributed by atoms with Crippen molar-refractivity contribution in [2.75, 3.05) is 12.8 Å². The summed E-state index contributed by atoms with van der Waals surface area (Å²) >= 11 is 0. The molecule has 3 aromatic rings. The van der Waals surface area contributed by atoms with Crippen LogP contribution >= 0.6 is 0 Å². The molecule has 0 aliphatic heterocycles. The van der Waals surface area contributed by atoms with Gasteiger partial charge in [0.1, 0.15) is 5.60 Å². The van der Waals surface area contributed by atoms with E-state index < -0.39 is 17.7 Å². The molecule has 0 aliphatic carbocycles. The lowest BCUT2D eigenvalue weighted by atomic mass is 10.0. The van der Waals surface area contributed by atoms with Crippen molar-refractivity contribution in [3.8, 4) is 0 Å². The second-order valence-corrected chi connectivity index (χ2v) is 7.33. The highest BCUT2D eigenvalue weighted by Crippen LogP contribution is 2.31. The monoisotopic (exact) mass is 381 g/mol. The summed E-state index contributed by atoms with van der Waals surface area (Å²) in [4.78, 5) is 27.9. The van der Waals surface area contributed by atoms with Crippen molar-refractivity contribution < 1.29 is 19.1 Å². The van der Waals surface area contributed by atoms with Crippen LogP contribution in [0.25, 0.3) is 22.6 Å².